The number of rotatable bonds is 7. The third kappa shape index (κ3) is 6.24. The lowest BCUT2D eigenvalue weighted by Gasteiger charge is -2.26. The summed E-state index contributed by atoms with van der Waals surface area (Å²) in [4.78, 5) is 24.6. The minimum Gasteiger partial charge on any atom is -0.484 e. The van der Waals surface area contributed by atoms with Gasteiger partial charge in [0.2, 0.25) is 10.0 Å². The summed E-state index contributed by atoms with van der Waals surface area (Å²) in [6.45, 7) is 0.847. The molecule has 0 radical (unpaired) electrons. The topological polar surface area (TPSA) is 114 Å². The lowest BCUT2D eigenvalue weighted by atomic mass is 10.1. The molecule has 1 heterocycles. The normalized spacial score (nSPS) is 14.2. The van der Waals surface area contributed by atoms with Crippen molar-refractivity contribution in [3.63, 3.8) is 0 Å². The van der Waals surface area contributed by atoms with E-state index in [9.17, 15) is 18.0 Å². The number of amides is 2. The number of carbonyl (C=O) groups is 2. The minimum atomic E-state index is -3.74. The van der Waals surface area contributed by atoms with E-state index in [1.807, 2.05) is 42.5 Å². The van der Waals surface area contributed by atoms with E-state index in [0.717, 1.165) is 11.1 Å². The van der Waals surface area contributed by atoms with Crippen molar-refractivity contribution in [3.8, 4) is 16.9 Å². The van der Waals surface area contributed by atoms with Crippen molar-refractivity contribution in [2.24, 2.45) is 0 Å². The van der Waals surface area contributed by atoms with Gasteiger partial charge >= 0.3 is 0 Å². The molecule has 182 valence electrons. The van der Waals surface area contributed by atoms with Gasteiger partial charge in [-0.1, -0.05) is 48.5 Å². The van der Waals surface area contributed by atoms with E-state index >= 15 is 0 Å². The molecule has 0 unspecified atom stereocenters. The molecular formula is C25H25N3O6S. The molecule has 1 saturated heterocycles. The van der Waals surface area contributed by atoms with Crippen LogP contribution in [0.3, 0.4) is 0 Å². The van der Waals surface area contributed by atoms with E-state index in [-0.39, 0.29) is 30.2 Å². The number of nitrogens with one attached hydrogen (secondary N) is 2. The maximum Gasteiger partial charge on any atom is 0.276 e. The highest BCUT2D eigenvalue weighted by atomic mass is 32.2. The van der Waals surface area contributed by atoms with Crippen molar-refractivity contribution >= 4 is 21.8 Å². The van der Waals surface area contributed by atoms with Crippen molar-refractivity contribution in [2.45, 2.75) is 4.90 Å². The van der Waals surface area contributed by atoms with Crippen LogP contribution in [0, 0.1) is 0 Å². The molecule has 4 rings (SSSR count). The Bertz CT molecular complexity index is 1270. The van der Waals surface area contributed by atoms with Gasteiger partial charge in [0.1, 0.15) is 5.75 Å². The molecule has 35 heavy (non-hydrogen) atoms. The number of hydrogen-bond acceptors (Lipinski definition) is 6. The average Bonchev–Trinajstić information content (AvgIpc) is 2.92. The Morgan fingerprint density at radius 3 is 2.26 bits per heavy atom. The summed E-state index contributed by atoms with van der Waals surface area (Å²) >= 11 is 0. The first kappa shape index (κ1) is 24.4. The maximum atomic E-state index is 12.8. The van der Waals surface area contributed by atoms with E-state index in [1.54, 1.807) is 12.1 Å². The molecule has 0 aliphatic carbocycles. The fraction of sp³-hybridized carbons (Fsp3) is 0.200. The predicted molar refractivity (Wildman–Crippen MR) is 129 cm³/mol. The number of ether oxygens (including phenoxy) is 2. The minimum absolute atomic E-state index is 0.000611. The second-order valence-electron chi connectivity index (χ2n) is 7.73. The number of hydrogen-bond donors (Lipinski definition) is 2. The number of benzene rings is 3. The smallest absolute Gasteiger partial charge is 0.276 e. The van der Waals surface area contributed by atoms with Crippen LogP contribution in [0.2, 0.25) is 0 Å². The van der Waals surface area contributed by atoms with Crippen LogP contribution >= 0.6 is 0 Å². The van der Waals surface area contributed by atoms with Crippen LogP contribution in [-0.4, -0.2) is 57.4 Å². The molecule has 0 atom stereocenters. The molecule has 3 aromatic rings. The number of carbonyl (C=O) groups excluding carboxylic acids is 2. The second kappa shape index (κ2) is 11.1. The van der Waals surface area contributed by atoms with Crippen LogP contribution in [0.4, 0.5) is 0 Å². The third-order valence-corrected chi connectivity index (χ3v) is 7.25. The molecule has 0 saturated carbocycles. The van der Waals surface area contributed by atoms with E-state index in [1.165, 1.54) is 28.6 Å². The first-order chi connectivity index (χ1) is 16.9. The molecule has 0 spiro atoms. The molecule has 1 aliphatic rings. The van der Waals surface area contributed by atoms with Crippen molar-refractivity contribution in [2.75, 3.05) is 32.9 Å². The van der Waals surface area contributed by atoms with Crippen LogP contribution in [0.25, 0.3) is 11.1 Å². The molecular weight excluding hydrogens is 470 g/mol. The number of nitrogens with zero attached hydrogens (tertiary/aromatic N) is 1. The third-order valence-electron chi connectivity index (χ3n) is 5.35. The highest BCUT2D eigenvalue weighted by Crippen LogP contribution is 2.22. The van der Waals surface area contributed by atoms with Crippen LogP contribution < -0.4 is 15.6 Å². The molecule has 1 fully saturated rings. The zero-order valence-electron chi connectivity index (χ0n) is 18.8. The van der Waals surface area contributed by atoms with Gasteiger partial charge < -0.3 is 9.47 Å². The number of sulfonamides is 1. The summed E-state index contributed by atoms with van der Waals surface area (Å²) < 4.78 is 37.6. The van der Waals surface area contributed by atoms with Gasteiger partial charge in [0.15, 0.2) is 6.61 Å². The van der Waals surface area contributed by atoms with Crippen LogP contribution in [0.5, 0.6) is 5.75 Å². The van der Waals surface area contributed by atoms with Gasteiger partial charge in [-0.15, -0.1) is 0 Å². The predicted octanol–water partition coefficient (Wildman–Crippen LogP) is 2.21. The van der Waals surface area contributed by atoms with Gasteiger partial charge in [0.05, 0.1) is 18.1 Å². The highest BCUT2D eigenvalue weighted by molar-refractivity contribution is 7.89. The Labute approximate surface area is 203 Å². The maximum absolute atomic E-state index is 12.8. The Morgan fingerprint density at radius 2 is 1.54 bits per heavy atom. The molecule has 1 aliphatic heterocycles. The molecule has 3 aromatic carbocycles. The summed E-state index contributed by atoms with van der Waals surface area (Å²) in [5.74, 6) is -0.709. The first-order valence-corrected chi connectivity index (χ1v) is 12.4. The van der Waals surface area contributed by atoms with E-state index in [2.05, 4.69) is 10.9 Å². The first-order valence-electron chi connectivity index (χ1n) is 11.0. The molecule has 0 bridgehead atoms. The van der Waals surface area contributed by atoms with Gasteiger partial charge in [-0.3, -0.25) is 20.4 Å². The fourth-order valence-electron chi connectivity index (χ4n) is 3.49. The van der Waals surface area contributed by atoms with Crippen molar-refractivity contribution in [1.29, 1.82) is 0 Å². The molecule has 9 nitrogen and oxygen atoms in total. The molecule has 2 amide bonds. The average molecular weight is 496 g/mol. The molecule has 10 heteroatoms. The Morgan fingerprint density at radius 1 is 0.857 bits per heavy atom. The summed E-state index contributed by atoms with van der Waals surface area (Å²) in [5.41, 5.74) is 6.73. The summed E-state index contributed by atoms with van der Waals surface area (Å²) in [6, 6.07) is 22.8. The standard InChI is InChI=1S/C25H25N3O6S/c29-24(18-34-22-11-9-20(10-12-22)19-5-2-1-3-6-19)26-27-25(30)21-7-4-8-23(17-21)35(31,32)28-13-15-33-16-14-28/h1-12,17H,13-16,18H2,(H,26,29)(H,27,30). The zero-order chi connectivity index (χ0) is 24.7. The number of hydrazine groups is 1. The lowest BCUT2D eigenvalue weighted by Crippen LogP contribution is -2.44. The Hall–Kier alpha value is -3.73. The highest BCUT2D eigenvalue weighted by Gasteiger charge is 2.26. The van der Waals surface area contributed by atoms with Crippen LogP contribution in [0.15, 0.2) is 83.8 Å². The van der Waals surface area contributed by atoms with Crippen molar-refractivity contribution in [3.05, 3.63) is 84.4 Å². The fourth-order valence-corrected chi connectivity index (χ4v) is 4.95. The summed E-state index contributed by atoms with van der Waals surface area (Å²) in [6.07, 6.45) is 0. The van der Waals surface area contributed by atoms with Gasteiger partial charge in [-0.2, -0.15) is 4.31 Å². The second-order valence-corrected chi connectivity index (χ2v) is 9.66. The van der Waals surface area contributed by atoms with Gasteiger partial charge in [-0.25, -0.2) is 8.42 Å². The van der Waals surface area contributed by atoms with Crippen LogP contribution in [0.1, 0.15) is 10.4 Å². The van der Waals surface area contributed by atoms with Crippen molar-refractivity contribution in [1.82, 2.24) is 15.2 Å². The number of morpholine rings is 1. The van der Waals surface area contributed by atoms with E-state index in [4.69, 9.17) is 9.47 Å². The molecule has 2 N–H and O–H groups in total. The van der Waals surface area contributed by atoms with Crippen LogP contribution in [-0.2, 0) is 19.6 Å². The zero-order valence-corrected chi connectivity index (χ0v) is 19.7. The summed E-state index contributed by atoms with van der Waals surface area (Å²) in [7, 11) is -3.74. The molecule has 0 aromatic heterocycles. The van der Waals surface area contributed by atoms with Gasteiger partial charge in [-0.05, 0) is 41.5 Å². The van der Waals surface area contributed by atoms with Crippen molar-refractivity contribution < 1.29 is 27.5 Å². The van der Waals surface area contributed by atoms with E-state index in [0.29, 0.717) is 19.0 Å². The lowest BCUT2D eigenvalue weighted by molar-refractivity contribution is -0.123. The Balaban J connectivity index is 1.28. The quantitative estimate of drug-likeness (QED) is 0.486. The van der Waals surface area contributed by atoms with E-state index < -0.39 is 21.8 Å². The van der Waals surface area contributed by atoms with Gasteiger partial charge in [0.25, 0.3) is 11.8 Å². The largest absolute Gasteiger partial charge is 0.484 e. The summed E-state index contributed by atoms with van der Waals surface area (Å²) in [5, 5.41) is 0. The Kier molecular flexibility index (Phi) is 7.76. The van der Waals surface area contributed by atoms with Gasteiger partial charge in [0, 0.05) is 18.7 Å². The SMILES string of the molecule is O=C(COc1ccc(-c2ccccc2)cc1)NNC(=O)c1cccc(S(=O)(=O)N2CCOCC2)c1. The monoisotopic (exact) mass is 495 g/mol.